The second-order valence-electron chi connectivity index (χ2n) is 7.61. The topological polar surface area (TPSA) is 34.1 Å². The van der Waals surface area contributed by atoms with Crippen LogP contribution in [0.25, 0.3) is 0 Å². The molecule has 0 aromatic carbocycles. The third-order valence-corrected chi connectivity index (χ3v) is 6.84. The van der Waals surface area contributed by atoms with Crippen molar-refractivity contribution in [3.8, 4) is 0 Å². The zero-order chi connectivity index (χ0) is 17.3. The van der Waals surface area contributed by atoms with E-state index in [1.165, 1.54) is 6.08 Å². The third kappa shape index (κ3) is 1.65. The van der Waals surface area contributed by atoms with Crippen molar-refractivity contribution in [1.82, 2.24) is 0 Å². The largest absolute Gasteiger partial charge is 0.299 e. The van der Waals surface area contributed by atoms with E-state index in [-0.39, 0.29) is 23.0 Å². The van der Waals surface area contributed by atoms with Crippen molar-refractivity contribution in [2.45, 2.75) is 52.3 Å². The van der Waals surface area contributed by atoms with Crippen molar-refractivity contribution in [3.63, 3.8) is 0 Å². The summed E-state index contributed by atoms with van der Waals surface area (Å²) in [6, 6.07) is 0. The van der Waals surface area contributed by atoms with Crippen LogP contribution < -0.4 is 0 Å². The lowest BCUT2D eigenvalue weighted by Crippen LogP contribution is -2.49. The molecule has 0 radical (unpaired) electrons. The molecule has 2 heteroatoms. The molecule has 0 aromatic rings. The van der Waals surface area contributed by atoms with Crippen LogP contribution in [-0.2, 0) is 9.59 Å². The first-order valence-electron chi connectivity index (χ1n) is 9.68. The van der Waals surface area contributed by atoms with Gasteiger partial charge in [0.25, 0.3) is 0 Å². The summed E-state index contributed by atoms with van der Waals surface area (Å²) in [4.78, 5) is 24.3. The SMILES string of the molecule is [2H]C([2H])([2H])[C@]12C=CC(=O)C=C1CC[C@H]1[C@@H]3CCC(=O)[C@@]3(C)CC[C@@H]12. The molecule has 0 heterocycles. The van der Waals surface area contributed by atoms with Crippen LogP contribution in [-0.4, -0.2) is 11.6 Å². The van der Waals surface area contributed by atoms with E-state index in [9.17, 15) is 9.59 Å². The summed E-state index contributed by atoms with van der Waals surface area (Å²) in [6.45, 7) is -0.0629. The Morgan fingerprint density at radius 3 is 2.86 bits per heavy atom. The van der Waals surface area contributed by atoms with Crippen LogP contribution in [0.4, 0.5) is 0 Å². The number of allylic oxidation sites excluding steroid dienone is 4. The van der Waals surface area contributed by atoms with Gasteiger partial charge in [-0.1, -0.05) is 25.4 Å². The van der Waals surface area contributed by atoms with Gasteiger partial charge in [0, 0.05) is 21.4 Å². The van der Waals surface area contributed by atoms with Crippen LogP contribution in [0.5, 0.6) is 0 Å². The summed E-state index contributed by atoms with van der Waals surface area (Å²) in [6.07, 6.45) is 9.36. The predicted molar refractivity (Wildman–Crippen MR) is 81.6 cm³/mol. The lowest BCUT2D eigenvalue weighted by atomic mass is 9.48. The average molecular weight is 287 g/mol. The highest BCUT2D eigenvalue weighted by atomic mass is 16.1. The van der Waals surface area contributed by atoms with Crippen LogP contribution >= 0.6 is 0 Å². The number of Topliss-reactive ketones (excluding diaryl/α,β-unsaturated/α-hetero) is 1. The Labute approximate surface area is 130 Å². The number of carbonyl (C=O) groups excluding carboxylic acids is 2. The molecule has 0 bridgehead atoms. The molecule has 3 saturated carbocycles. The van der Waals surface area contributed by atoms with Gasteiger partial charge in [-0.25, -0.2) is 0 Å². The van der Waals surface area contributed by atoms with Crippen LogP contribution in [0.1, 0.15) is 56.4 Å². The molecule has 0 saturated heterocycles. The normalized spacial score (nSPS) is 51.2. The quantitative estimate of drug-likeness (QED) is 0.678. The van der Waals surface area contributed by atoms with Crippen LogP contribution in [0.15, 0.2) is 23.8 Å². The van der Waals surface area contributed by atoms with Gasteiger partial charge in [0.2, 0.25) is 0 Å². The molecule has 0 N–H and O–H groups in total. The molecule has 3 fully saturated rings. The Balaban J connectivity index is 1.81. The molecule has 112 valence electrons. The molecule has 4 rings (SSSR count). The highest BCUT2D eigenvalue weighted by Crippen LogP contribution is 2.63. The number of ketones is 2. The maximum Gasteiger partial charge on any atom is 0.178 e. The predicted octanol–water partition coefficient (Wildman–Crippen LogP) is 3.86. The summed E-state index contributed by atoms with van der Waals surface area (Å²) < 4.78 is 24.8. The molecule has 4 aliphatic carbocycles. The highest BCUT2D eigenvalue weighted by Gasteiger charge is 2.58. The molecule has 5 atom stereocenters. The number of rotatable bonds is 0. The van der Waals surface area contributed by atoms with Crippen LogP contribution in [0.2, 0.25) is 0 Å². The third-order valence-electron chi connectivity index (χ3n) is 6.84. The van der Waals surface area contributed by atoms with E-state index in [1.54, 1.807) is 12.2 Å². The number of carbonyl (C=O) groups is 2. The molecule has 0 spiro atoms. The Hall–Kier alpha value is -1.18. The van der Waals surface area contributed by atoms with Crippen LogP contribution in [0, 0.1) is 28.6 Å². The van der Waals surface area contributed by atoms with Gasteiger partial charge >= 0.3 is 0 Å². The van der Waals surface area contributed by atoms with E-state index < -0.39 is 12.3 Å². The minimum Gasteiger partial charge on any atom is -0.299 e. The fraction of sp³-hybridized carbons (Fsp3) is 0.684. The van der Waals surface area contributed by atoms with Gasteiger partial charge in [0.1, 0.15) is 5.78 Å². The standard InChI is InChI=1S/C19H24O2/c1-18-9-7-13(20)11-12(18)3-4-14-15-5-6-17(21)19(15,2)10-8-16(14)18/h7,9,11,14-16H,3-6,8,10H2,1-2H3/t14-,15-,16-,18-,19-/m0/s1/i1D3. The summed E-state index contributed by atoms with van der Waals surface area (Å²) in [7, 11) is 0. The molecule has 0 amide bonds. The molecule has 21 heavy (non-hydrogen) atoms. The first-order valence-corrected chi connectivity index (χ1v) is 8.18. The lowest BCUT2D eigenvalue weighted by Gasteiger charge is -2.55. The second-order valence-corrected chi connectivity index (χ2v) is 7.61. The van der Waals surface area contributed by atoms with E-state index in [0.29, 0.717) is 24.5 Å². The van der Waals surface area contributed by atoms with E-state index in [1.807, 2.05) is 0 Å². The smallest absolute Gasteiger partial charge is 0.178 e. The summed E-state index contributed by atoms with van der Waals surface area (Å²) >= 11 is 0. The summed E-state index contributed by atoms with van der Waals surface area (Å²) in [5, 5.41) is 0. The van der Waals surface area contributed by atoms with Crippen molar-refractivity contribution in [2.24, 2.45) is 28.6 Å². The maximum absolute atomic E-state index is 12.4. The van der Waals surface area contributed by atoms with Crippen molar-refractivity contribution in [1.29, 1.82) is 0 Å². The zero-order valence-corrected chi connectivity index (χ0v) is 12.5. The summed E-state index contributed by atoms with van der Waals surface area (Å²) in [5.74, 6) is 0.851. The molecule has 4 aliphatic rings. The Bertz CT molecular complexity index is 675. The molecule has 0 aromatic heterocycles. The van der Waals surface area contributed by atoms with Gasteiger partial charge in [0.05, 0.1) is 0 Å². The fourth-order valence-electron chi connectivity index (χ4n) is 5.65. The van der Waals surface area contributed by atoms with Gasteiger partial charge in [-0.05, 0) is 62.0 Å². The highest BCUT2D eigenvalue weighted by molar-refractivity contribution is 6.01. The minimum absolute atomic E-state index is 0.0123. The van der Waals surface area contributed by atoms with Gasteiger partial charge in [-0.3, -0.25) is 9.59 Å². The van der Waals surface area contributed by atoms with E-state index in [0.717, 1.165) is 31.3 Å². The number of hydrogen-bond donors (Lipinski definition) is 0. The number of hydrogen-bond acceptors (Lipinski definition) is 2. The Morgan fingerprint density at radius 2 is 2.05 bits per heavy atom. The van der Waals surface area contributed by atoms with Gasteiger partial charge in [-0.15, -0.1) is 0 Å². The average Bonchev–Trinajstić information content (AvgIpc) is 2.81. The van der Waals surface area contributed by atoms with Crippen LogP contribution in [0.3, 0.4) is 0 Å². The molecule has 0 unspecified atom stereocenters. The van der Waals surface area contributed by atoms with Gasteiger partial charge in [-0.2, -0.15) is 0 Å². The molecule has 2 nitrogen and oxygen atoms in total. The Kier molecular flexibility index (Phi) is 2.10. The number of fused-ring (bicyclic) bond motifs is 5. The van der Waals surface area contributed by atoms with E-state index in [4.69, 9.17) is 4.11 Å². The van der Waals surface area contributed by atoms with Gasteiger partial charge in [0.15, 0.2) is 5.78 Å². The fourth-order valence-corrected chi connectivity index (χ4v) is 5.65. The van der Waals surface area contributed by atoms with Crippen molar-refractivity contribution in [3.05, 3.63) is 23.8 Å². The summed E-state index contributed by atoms with van der Waals surface area (Å²) in [5.41, 5.74) is -0.465. The van der Waals surface area contributed by atoms with Crippen molar-refractivity contribution >= 4 is 11.6 Å². The molecular weight excluding hydrogens is 260 g/mol. The van der Waals surface area contributed by atoms with Gasteiger partial charge < -0.3 is 0 Å². The first-order chi connectivity index (χ1) is 11.2. The van der Waals surface area contributed by atoms with E-state index in [2.05, 4.69) is 6.92 Å². The first kappa shape index (κ1) is 10.5. The van der Waals surface area contributed by atoms with E-state index >= 15 is 0 Å². The lowest BCUT2D eigenvalue weighted by molar-refractivity contribution is -0.131. The zero-order valence-electron chi connectivity index (χ0n) is 15.5. The Morgan fingerprint density at radius 1 is 1.19 bits per heavy atom. The molecule has 0 aliphatic heterocycles. The monoisotopic (exact) mass is 287 g/mol. The molecular formula is C19H24O2. The minimum atomic E-state index is -2.16. The second kappa shape index (κ2) is 4.18. The van der Waals surface area contributed by atoms with Crippen molar-refractivity contribution < 1.29 is 13.7 Å². The van der Waals surface area contributed by atoms with Crippen molar-refractivity contribution in [2.75, 3.05) is 0 Å². The maximum atomic E-state index is 12.4.